The number of anilines is 1. The molecule has 0 bridgehead atoms. The van der Waals surface area contributed by atoms with E-state index in [9.17, 15) is 14.0 Å². The van der Waals surface area contributed by atoms with E-state index in [1.54, 1.807) is 48.5 Å². The first-order chi connectivity index (χ1) is 18.9. The van der Waals surface area contributed by atoms with E-state index >= 15 is 0 Å². The maximum absolute atomic E-state index is 13.2. The van der Waals surface area contributed by atoms with Gasteiger partial charge in [0.15, 0.2) is 11.5 Å². The van der Waals surface area contributed by atoms with Crippen LogP contribution in [0.1, 0.15) is 33.4 Å². The summed E-state index contributed by atoms with van der Waals surface area (Å²) in [4.78, 5) is 24.6. The van der Waals surface area contributed by atoms with E-state index < -0.39 is 5.91 Å². The molecule has 0 spiro atoms. The number of benzene rings is 3. The smallest absolute Gasteiger partial charge is 0.257 e. The van der Waals surface area contributed by atoms with Gasteiger partial charge in [0.2, 0.25) is 11.0 Å². The molecule has 0 saturated heterocycles. The van der Waals surface area contributed by atoms with E-state index in [0.717, 1.165) is 16.9 Å². The normalized spacial score (nSPS) is 10.8. The van der Waals surface area contributed by atoms with Gasteiger partial charge in [-0.05, 0) is 70.4 Å². The Labute approximate surface area is 236 Å². The molecular formula is C27H23BrFN5O4S. The third-order valence-electron chi connectivity index (χ3n) is 5.07. The van der Waals surface area contributed by atoms with Gasteiger partial charge in [-0.25, -0.2) is 9.82 Å². The lowest BCUT2D eigenvalue weighted by atomic mass is 10.2. The molecule has 1 heterocycles. The first kappa shape index (κ1) is 27.9. The molecule has 39 heavy (non-hydrogen) atoms. The molecule has 4 rings (SSSR count). The van der Waals surface area contributed by atoms with Gasteiger partial charge in [-0.3, -0.25) is 14.9 Å². The second-order valence-electron chi connectivity index (χ2n) is 7.97. The molecule has 9 nitrogen and oxygen atoms in total. The summed E-state index contributed by atoms with van der Waals surface area (Å²) in [6.45, 7) is 2.49. The average Bonchev–Trinajstić information content (AvgIpc) is 3.36. The van der Waals surface area contributed by atoms with E-state index in [1.165, 1.54) is 18.3 Å². The molecule has 0 aliphatic carbocycles. The Balaban J connectivity index is 1.33. The Bertz CT molecular complexity index is 1470. The second-order valence-corrected chi connectivity index (χ2v) is 9.89. The minimum atomic E-state index is -0.397. The minimum Gasteiger partial charge on any atom is -0.490 e. The summed E-state index contributed by atoms with van der Waals surface area (Å²) in [6.07, 6.45) is 1.42. The van der Waals surface area contributed by atoms with E-state index in [1.807, 2.05) is 13.0 Å². The van der Waals surface area contributed by atoms with Crippen molar-refractivity contribution in [3.05, 3.63) is 98.7 Å². The van der Waals surface area contributed by atoms with Gasteiger partial charge < -0.3 is 9.47 Å². The molecule has 0 atom stereocenters. The number of nitrogens with zero attached hydrogens (tertiary/aromatic N) is 3. The van der Waals surface area contributed by atoms with Crippen molar-refractivity contribution in [2.75, 3.05) is 11.9 Å². The zero-order valence-electron chi connectivity index (χ0n) is 20.7. The van der Waals surface area contributed by atoms with Crippen LogP contribution in [-0.4, -0.2) is 34.8 Å². The minimum absolute atomic E-state index is 0.0553. The summed E-state index contributed by atoms with van der Waals surface area (Å²) >= 11 is 4.60. The number of nitrogens with one attached hydrogen (secondary N) is 2. The standard InChI is InChI=1S/C27H23BrFN5O4S/c1-2-37-22-13-18(12-21(28)25(22)38-16-17-8-10-20(29)11-9-17)15-30-32-23(35)14-24-33-34-27(39-24)31-26(36)19-6-4-3-5-7-19/h3-13,15H,2,14,16H2,1H3,(H,32,35)(H,31,34,36)/b30-15-. The lowest BCUT2D eigenvalue weighted by Crippen LogP contribution is -2.19. The third-order valence-corrected chi connectivity index (χ3v) is 6.49. The summed E-state index contributed by atoms with van der Waals surface area (Å²) < 4.78 is 25.4. The summed E-state index contributed by atoms with van der Waals surface area (Å²) in [5, 5.41) is 15.3. The lowest BCUT2D eigenvalue weighted by Gasteiger charge is -2.14. The molecule has 0 saturated carbocycles. The molecule has 4 aromatic rings. The zero-order valence-corrected chi connectivity index (χ0v) is 23.1. The maximum atomic E-state index is 13.2. The highest BCUT2D eigenvalue weighted by molar-refractivity contribution is 9.10. The van der Waals surface area contributed by atoms with Crippen LogP contribution in [0.15, 0.2) is 76.3 Å². The van der Waals surface area contributed by atoms with E-state index in [-0.39, 0.29) is 24.8 Å². The molecule has 12 heteroatoms. The predicted molar refractivity (Wildman–Crippen MR) is 150 cm³/mol. The van der Waals surface area contributed by atoms with Gasteiger partial charge in [-0.1, -0.05) is 41.7 Å². The number of hydrazone groups is 1. The summed E-state index contributed by atoms with van der Waals surface area (Å²) in [7, 11) is 0. The van der Waals surface area contributed by atoms with Gasteiger partial charge in [0, 0.05) is 5.56 Å². The fourth-order valence-corrected chi connectivity index (χ4v) is 4.60. The summed E-state index contributed by atoms with van der Waals surface area (Å²) in [5.74, 6) is -0.0379. The average molecular weight is 612 g/mol. The first-order valence-electron chi connectivity index (χ1n) is 11.8. The SMILES string of the molecule is CCOc1cc(/C=N\NC(=O)Cc2nnc(NC(=O)c3ccccc3)s2)cc(Br)c1OCc1ccc(F)cc1. The van der Waals surface area contributed by atoms with Crippen LogP contribution in [0, 0.1) is 5.82 Å². The van der Waals surface area contributed by atoms with Crippen molar-refractivity contribution in [1.82, 2.24) is 15.6 Å². The van der Waals surface area contributed by atoms with E-state index in [0.29, 0.717) is 43.8 Å². The highest BCUT2D eigenvalue weighted by Crippen LogP contribution is 2.37. The Morgan fingerprint density at radius 1 is 1.08 bits per heavy atom. The quantitative estimate of drug-likeness (QED) is 0.174. The van der Waals surface area contributed by atoms with Crippen molar-refractivity contribution in [2.24, 2.45) is 5.10 Å². The highest BCUT2D eigenvalue weighted by Gasteiger charge is 2.14. The third kappa shape index (κ3) is 8.16. The number of aromatic nitrogens is 2. The van der Waals surface area contributed by atoms with Crippen LogP contribution in [-0.2, 0) is 17.8 Å². The molecule has 0 unspecified atom stereocenters. The van der Waals surface area contributed by atoms with Crippen LogP contribution in [0.3, 0.4) is 0 Å². The molecule has 0 radical (unpaired) electrons. The van der Waals surface area contributed by atoms with Gasteiger partial charge in [0.25, 0.3) is 5.91 Å². The van der Waals surface area contributed by atoms with Gasteiger partial charge in [0.1, 0.15) is 17.4 Å². The molecule has 0 aliphatic heterocycles. The molecule has 200 valence electrons. The largest absolute Gasteiger partial charge is 0.490 e. The maximum Gasteiger partial charge on any atom is 0.257 e. The Morgan fingerprint density at radius 2 is 1.85 bits per heavy atom. The fourth-order valence-electron chi connectivity index (χ4n) is 3.29. The van der Waals surface area contributed by atoms with Crippen LogP contribution in [0.5, 0.6) is 11.5 Å². The van der Waals surface area contributed by atoms with Crippen molar-refractivity contribution in [3.8, 4) is 11.5 Å². The van der Waals surface area contributed by atoms with Crippen LogP contribution in [0.25, 0.3) is 0 Å². The molecule has 3 aromatic carbocycles. The van der Waals surface area contributed by atoms with Gasteiger partial charge in [0.05, 0.1) is 23.7 Å². The predicted octanol–water partition coefficient (Wildman–Crippen LogP) is 5.36. The Kier molecular flexibility index (Phi) is 9.70. The molecule has 1 aromatic heterocycles. The van der Waals surface area contributed by atoms with Crippen LogP contribution in [0.4, 0.5) is 9.52 Å². The van der Waals surface area contributed by atoms with Crippen molar-refractivity contribution in [3.63, 3.8) is 0 Å². The van der Waals surface area contributed by atoms with Crippen molar-refractivity contribution in [1.29, 1.82) is 0 Å². The fraction of sp³-hybridized carbons (Fsp3) is 0.148. The molecular weight excluding hydrogens is 589 g/mol. The highest BCUT2D eigenvalue weighted by atomic mass is 79.9. The van der Waals surface area contributed by atoms with Crippen LogP contribution >= 0.6 is 27.3 Å². The number of amides is 2. The first-order valence-corrected chi connectivity index (χ1v) is 13.4. The molecule has 0 fully saturated rings. The second kappa shape index (κ2) is 13.6. The molecule has 0 aliphatic rings. The lowest BCUT2D eigenvalue weighted by molar-refractivity contribution is -0.120. The number of hydrogen-bond acceptors (Lipinski definition) is 8. The van der Waals surface area contributed by atoms with Gasteiger partial charge >= 0.3 is 0 Å². The Morgan fingerprint density at radius 3 is 2.59 bits per heavy atom. The van der Waals surface area contributed by atoms with Gasteiger partial charge in [-0.2, -0.15) is 5.10 Å². The van der Waals surface area contributed by atoms with E-state index in [2.05, 4.69) is 42.0 Å². The molecule has 2 amide bonds. The van der Waals surface area contributed by atoms with Crippen molar-refractivity contribution >= 4 is 50.4 Å². The van der Waals surface area contributed by atoms with Crippen molar-refractivity contribution < 1.29 is 23.5 Å². The zero-order chi connectivity index (χ0) is 27.6. The topological polar surface area (TPSA) is 115 Å². The molecule has 2 N–H and O–H groups in total. The number of rotatable bonds is 11. The van der Waals surface area contributed by atoms with Gasteiger partial charge in [-0.15, -0.1) is 10.2 Å². The number of hydrogen-bond donors (Lipinski definition) is 2. The van der Waals surface area contributed by atoms with Crippen LogP contribution in [0.2, 0.25) is 0 Å². The van der Waals surface area contributed by atoms with Crippen LogP contribution < -0.4 is 20.2 Å². The number of carbonyl (C=O) groups excluding carboxylic acids is 2. The monoisotopic (exact) mass is 611 g/mol. The number of halogens is 2. The van der Waals surface area contributed by atoms with E-state index in [4.69, 9.17) is 9.47 Å². The number of carbonyl (C=O) groups is 2. The summed E-state index contributed by atoms with van der Waals surface area (Å²) in [5.41, 5.74) is 4.41. The summed E-state index contributed by atoms with van der Waals surface area (Å²) in [6, 6.07) is 18.3. The number of ether oxygens (including phenoxy) is 2. The van der Waals surface area contributed by atoms with Crippen molar-refractivity contribution in [2.45, 2.75) is 20.0 Å². The Hall–Kier alpha value is -4.16.